The van der Waals surface area contributed by atoms with E-state index in [0.717, 1.165) is 0 Å². The number of nitrogens with one attached hydrogen (secondary N) is 1. The third-order valence-electron chi connectivity index (χ3n) is 2.46. The molecule has 0 aliphatic rings. The van der Waals surface area contributed by atoms with Crippen molar-refractivity contribution >= 4 is 17.9 Å². The number of H-pyrrole nitrogens is 1. The third-order valence-corrected chi connectivity index (χ3v) is 2.46. The molecule has 0 aliphatic heterocycles. The van der Waals surface area contributed by atoms with E-state index in [0.29, 0.717) is 5.69 Å². The normalized spacial score (nSPS) is 13.5. The Labute approximate surface area is 114 Å². The second-order valence-electron chi connectivity index (χ2n) is 4.15. The molecule has 9 heteroatoms. The highest BCUT2D eigenvalue weighted by atomic mass is 16.6. The van der Waals surface area contributed by atoms with Gasteiger partial charge in [0.2, 0.25) is 0 Å². The Hall–Kier alpha value is -2.26. The van der Waals surface area contributed by atoms with Crippen molar-refractivity contribution in [2.75, 3.05) is 0 Å². The van der Waals surface area contributed by atoms with Gasteiger partial charge in [0.25, 0.3) is 0 Å². The lowest BCUT2D eigenvalue weighted by Crippen LogP contribution is -2.40. The summed E-state index contributed by atoms with van der Waals surface area (Å²) in [6, 6.07) is -2.22. The zero-order valence-corrected chi connectivity index (χ0v) is 10.6. The van der Waals surface area contributed by atoms with Gasteiger partial charge in [0.1, 0.15) is 12.1 Å². The standard InChI is InChI=1S/C11H16N4O5/c12-7(1-2-9(16)17)10(18)20-11(19)8(13)3-6-4-14-5-15-6/h4-5,7-8H,1-3,12-13H2,(H,14,15)(H,16,17)/t7-,8-/m0/s1. The van der Waals surface area contributed by atoms with E-state index >= 15 is 0 Å². The fourth-order valence-corrected chi connectivity index (χ4v) is 1.36. The van der Waals surface area contributed by atoms with Gasteiger partial charge in [0.05, 0.1) is 12.0 Å². The van der Waals surface area contributed by atoms with Crippen LogP contribution in [-0.2, 0) is 25.5 Å². The highest BCUT2D eigenvalue weighted by Crippen LogP contribution is 2.02. The van der Waals surface area contributed by atoms with Crippen LogP contribution in [0.4, 0.5) is 0 Å². The lowest BCUT2D eigenvalue weighted by Gasteiger charge is -2.12. The second-order valence-corrected chi connectivity index (χ2v) is 4.15. The number of esters is 2. The van der Waals surface area contributed by atoms with E-state index in [1.165, 1.54) is 6.33 Å². The smallest absolute Gasteiger partial charge is 0.330 e. The van der Waals surface area contributed by atoms with Gasteiger partial charge in [-0.1, -0.05) is 0 Å². The summed E-state index contributed by atoms with van der Waals surface area (Å²) in [6.07, 6.45) is 2.70. The average molecular weight is 284 g/mol. The summed E-state index contributed by atoms with van der Waals surface area (Å²) in [4.78, 5) is 39.9. The van der Waals surface area contributed by atoms with Gasteiger partial charge in [-0.3, -0.25) is 4.79 Å². The summed E-state index contributed by atoms with van der Waals surface area (Å²) in [5.74, 6) is -3.01. The number of aromatic amines is 1. The molecule has 0 spiro atoms. The van der Waals surface area contributed by atoms with E-state index in [2.05, 4.69) is 14.7 Å². The molecule has 0 saturated heterocycles. The van der Waals surface area contributed by atoms with Crippen LogP contribution in [0.15, 0.2) is 12.5 Å². The first-order valence-corrected chi connectivity index (χ1v) is 5.86. The fourth-order valence-electron chi connectivity index (χ4n) is 1.36. The summed E-state index contributed by atoms with van der Waals surface area (Å²) >= 11 is 0. The molecule has 0 radical (unpaired) electrons. The van der Waals surface area contributed by atoms with Crippen LogP contribution in [-0.4, -0.2) is 45.1 Å². The van der Waals surface area contributed by atoms with Gasteiger partial charge in [0.15, 0.2) is 0 Å². The summed E-state index contributed by atoms with van der Waals surface area (Å²) in [5, 5.41) is 8.45. The maximum absolute atomic E-state index is 11.5. The first-order valence-electron chi connectivity index (χ1n) is 5.86. The van der Waals surface area contributed by atoms with Gasteiger partial charge in [-0.05, 0) is 6.42 Å². The Kier molecular flexibility index (Phi) is 5.81. The van der Waals surface area contributed by atoms with Crippen molar-refractivity contribution in [3.05, 3.63) is 18.2 Å². The number of aliphatic carboxylic acids is 1. The molecule has 6 N–H and O–H groups in total. The van der Waals surface area contributed by atoms with Crippen LogP contribution in [0.1, 0.15) is 18.5 Å². The van der Waals surface area contributed by atoms with Crippen molar-refractivity contribution in [2.45, 2.75) is 31.3 Å². The van der Waals surface area contributed by atoms with Crippen molar-refractivity contribution < 1.29 is 24.2 Å². The van der Waals surface area contributed by atoms with Gasteiger partial charge < -0.3 is 26.3 Å². The molecule has 1 aromatic heterocycles. The van der Waals surface area contributed by atoms with Crippen LogP contribution in [0.3, 0.4) is 0 Å². The fraction of sp³-hybridized carbons (Fsp3) is 0.455. The molecule has 0 saturated carbocycles. The predicted octanol–water partition coefficient (Wildman–Crippen LogP) is -1.46. The molecule has 1 heterocycles. The SMILES string of the molecule is N[C@@H](CCC(=O)O)C(=O)OC(=O)[C@@H](N)Cc1c[nH]cn1. The van der Waals surface area contributed by atoms with E-state index in [-0.39, 0.29) is 19.3 Å². The maximum atomic E-state index is 11.5. The topological polar surface area (TPSA) is 161 Å². The lowest BCUT2D eigenvalue weighted by molar-refractivity contribution is -0.161. The van der Waals surface area contributed by atoms with Crippen molar-refractivity contribution in [1.29, 1.82) is 0 Å². The number of carbonyl (C=O) groups is 3. The van der Waals surface area contributed by atoms with Crippen LogP contribution >= 0.6 is 0 Å². The molecule has 0 aliphatic carbocycles. The number of nitrogens with two attached hydrogens (primary N) is 2. The monoisotopic (exact) mass is 284 g/mol. The van der Waals surface area contributed by atoms with Crippen LogP contribution in [0.25, 0.3) is 0 Å². The Morgan fingerprint density at radius 1 is 1.30 bits per heavy atom. The number of imidazole rings is 1. The van der Waals surface area contributed by atoms with Crippen molar-refractivity contribution in [3.63, 3.8) is 0 Å². The first-order chi connectivity index (χ1) is 9.40. The molecule has 0 amide bonds. The average Bonchev–Trinajstić information content (AvgIpc) is 2.88. The van der Waals surface area contributed by atoms with Gasteiger partial charge in [-0.15, -0.1) is 0 Å². The summed E-state index contributed by atoms with van der Waals surface area (Å²) in [6.45, 7) is 0. The number of aromatic nitrogens is 2. The van der Waals surface area contributed by atoms with Gasteiger partial charge in [-0.2, -0.15) is 0 Å². The molecule has 110 valence electrons. The second kappa shape index (κ2) is 7.36. The van der Waals surface area contributed by atoms with Crippen LogP contribution in [0.5, 0.6) is 0 Å². The predicted molar refractivity (Wildman–Crippen MR) is 66.2 cm³/mol. The Balaban J connectivity index is 2.40. The maximum Gasteiger partial charge on any atom is 0.330 e. The Bertz CT molecular complexity index is 473. The van der Waals surface area contributed by atoms with Crippen LogP contribution in [0.2, 0.25) is 0 Å². The van der Waals surface area contributed by atoms with Gasteiger partial charge in [-0.25, -0.2) is 14.6 Å². The minimum Gasteiger partial charge on any atom is -0.481 e. The molecule has 0 bridgehead atoms. The van der Waals surface area contributed by atoms with E-state index in [9.17, 15) is 14.4 Å². The van der Waals surface area contributed by atoms with Gasteiger partial charge >= 0.3 is 17.9 Å². The highest BCUT2D eigenvalue weighted by Gasteiger charge is 2.24. The summed E-state index contributed by atoms with van der Waals surface area (Å²) in [7, 11) is 0. The number of rotatable bonds is 7. The highest BCUT2D eigenvalue weighted by molar-refractivity contribution is 5.90. The van der Waals surface area contributed by atoms with Crippen LogP contribution in [0, 0.1) is 0 Å². The minimum atomic E-state index is -1.17. The van der Waals surface area contributed by atoms with Crippen molar-refractivity contribution in [2.24, 2.45) is 11.5 Å². The Morgan fingerprint density at radius 2 is 1.95 bits per heavy atom. The first kappa shape index (κ1) is 15.8. The lowest BCUT2D eigenvalue weighted by atomic mass is 10.1. The quantitative estimate of drug-likeness (QED) is 0.349. The number of nitrogens with zero attached hydrogens (tertiary/aromatic N) is 1. The van der Waals surface area contributed by atoms with Crippen molar-refractivity contribution in [1.82, 2.24) is 9.97 Å². The number of carboxylic acids is 1. The largest absolute Gasteiger partial charge is 0.481 e. The van der Waals surface area contributed by atoms with E-state index in [1.54, 1.807) is 6.20 Å². The van der Waals surface area contributed by atoms with Crippen molar-refractivity contribution in [3.8, 4) is 0 Å². The molecule has 20 heavy (non-hydrogen) atoms. The van der Waals surface area contributed by atoms with Crippen LogP contribution < -0.4 is 11.5 Å². The minimum absolute atomic E-state index is 0.111. The summed E-state index contributed by atoms with van der Waals surface area (Å²) in [5.41, 5.74) is 11.5. The number of carbonyl (C=O) groups excluding carboxylic acids is 2. The number of hydrogen-bond donors (Lipinski definition) is 4. The van der Waals surface area contributed by atoms with Gasteiger partial charge in [0, 0.05) is 19.0 Å². The van der Waals surface area contributed by atoms with E-state index < -0.39 is 30.0 Å². The molecule has 9 nitrogen and oxygen atoms in total. The molecule has 0 unspecified atom stereocenters. The van der Waals surface area contributed by atoms with E-state index in [1.807, 2.05) is 0 Å². The number of hydrogen-bond acceptors (Lipinski definition) is 7. The van der Waals surface area contributed by atoms with E-state index in [4.69, 9.17) is 16.6 Å². The molecule has 2 atom stereocenters. The zero-order valence-electron chi connectivity index (χ0n) is 10.6. The zero-order chi connectivity index (χ0) is 15.1. The molecule has 1 aromatic rings. The summed E-state index contributed by atoms with van der Waals surface area (Å²) < 4.78 is 4.50. The number of ether oxygens (including phenoxy) is 1. The molecular formula is C11H16N4O5. The third kappa shape index (κ3) is 5.16. The molecule has 0 fully saturated rings. The molecular weight excluding hydrogens is 268 g/mol. The number of carboxylic acid groups (broad SMARTS) is 1. The molecule has 1 rings (SSSR count). The molecule has 0 aromatic carbocycles. The Morgan fingerprint density at radius 3 is 2.50 bits per heavy atom.